The van der Waals surface area contributed by atoms with Crippen LogP contribution in [0.1, 0.15) is 13.3 Å². The maximum absolute atomic E-state index is 11.1. The van der Waals surface area contributed by atoms with Gasteiger partial charge in [-0.05, 0) is 28.3 Å². The van der Waals surface area contributed by atoms with Crippen molar-refractivity contribution in [3.63, 3.8) is 0 Å². The predicted octanol–water partition coefficient (Wildman–Crippen LogP) is 1.71. The van der Waals surface area contributed by atoms with Crippen LogP contribution >= 0.6 is 15.9 Å². The number of amides is 1. The van der Waals surface area contributed by atoms with Crippen LogP contribution in [0.5, 0.6) is 0 Å². The third-order valence-corrected chi connectivity index (χ3v) is 3.67. The molecule has 0 aliphatic carbocycles. The first-order valence-corrected chi connectivity index (χ1v) is 7.06. The van der Waals surface area contributed by atoms with E-state index in [9.17, 15) is 14.9 Å². The summed E-state index contributed by atoms with van der Waals surface area (Å²) in [7, 11) is 0. The predicted molar refractivity (Wildman–Crippen MR) is 77.6 cm³/mol. The average Bonchev–Trinajstić information content (AvgIpc) is 2.84. The van der Waals surface area contributed by atoms with Gasteiger partial charge in [0.1, 0.15) is 0 Å². The maximum Gasteiger partial charge on any atom is 0.312 e. The molecule has 2 heterocycles. The number of nitrogens with one attached hydrogen (secondary N) is 1. The average molecular weight is 343 g/mol. The Kier molecular flexibility index (Phi) is 4.53. The van der Waals surface area contributed by atoms with Crippen LogP contribution in [0.25, 0.3) is 0 Å². The van der Waals surface area contributed by atoms with Crippen LogP contribution in [0, 0.1) is 16.0 Å². The molecule has 108 valence electrons. The van der Waals surface area contributed by atoms with Gasteiger partial charge in [-0.15, -0.1) is 0 Å². The second-order valence-corrected chi connectivity index (χ2v) is 5.71. The SMILES string of the molecule is CC(=O)NCC1CCN(c2ncc(Br)cc2[N+](=O)[O-])C1. The number of nitrogens with zero attached hydrogens (tertiary/aromatic N) is 3. The normalized spacial score (nSPS) is 18.1. The van der Waals surface area contributed by atoms with Crippen LogP contribution < -0.4 is 10.2 Å². The lowest BCUT2D eigenvalue weighted by molar-refractivity contribution is -0.384. The van der Waals surface area contributed by atoms with E-state index < -0.39 is 4.92 Å². The van der Waals surface area contributed by atoms with Crippen LogP contribution in [-0.2, 0) is 4.79 Å². The fourth-order valence-electron chi connectivity index (χ4n) is 2.28. The molecule has 0 spiro atoms. The zero-order valence-corrected chi connectivity index (χ0v) is 12.6. The highest BCUT2D eigenvalue weighted by Gasteiger charge is 2.28. The molecule has 1 aromatic heterocycles. The van der Waals surface area contributed by atoms with E-state index in [2.05, 4.69) is 26.2 Å². The van der Waals surface area contributed by atoms with Gasteiger partial charge in [0.2, 0.25) is 11.7 Å². The minimum Gasteiger partial charge on any atom is -0.356 e. The maximum atomic E-state index is 11.1. The zero-order chi connectivity index (χ0) is 14.7. The molecule has 1 unspecified atom stereocenters. The molecule has 2 rings (SSSR count). The summed E-state index contributed by atoms with van der Waals surface area (Å²) >= 11 is 3.19. The second-order valence-electron chi connectivity index (χ2n) is 4.79. The van der Waals surface area contributed by atoms with Gasteiger partial charge in [0, 0.05) is 43.3 Å². The smallest absolute Gasteiger partial charge is 0.312 e. The number of nitro groups is 1. The number of carbonyl (C=O) groups excluding carboxylic acids is 1. The van der Waals surface area contributed by atoms with E-state index in [0.29, 0.717) is 35.8 Å². The van der Waals surface area contributed by atoms with Crippen molar-refractivity contribution in [3.05, 3.63) is 26.9 Å². The second kappa shape index (κ2) is 6.17. The summed E-state index contributed by atoms with van der Waals surface area (Å²) in [5.41, 5.74) is -0.000415. The van der Waals surface area contributed by atoms with Gasteiger partial charge in [-0.1, -0.05) is 0 Å². The van der Waals surface area contributed by atoms with Gasteiger partial charge < -0.3 is 10.2 Å². The molecular formula is C12H15BrN4O3. The lowest BCUT2D eigenvalue weighted by Gasteiger charge is -2.17. The fraction of sp³-hybridized carbons (Fsp3) is 0.500. The van der Waals surface area contributed by atoms with Crippen molar-refractivity contribution in [1.82, 2.24) is 10.3 Å². The molecule has 0 bridgehead atoms. The Labute approximate surface area is 124 Å². The first-order valence-electron chi connectivity index (χ1n) is 6.26. The molecule has 1 atom stereocenters. The van der Waals surface area contributed by atoms with Crippen molar-refractivity contribution in [2.24, 2.45) is 5.92 Å². The molecular weight excluding hydrogens is 328 g/mol. The number of hydrogen-bond acceptors (Lipinski definition) is 5. The van der Waals surface area contributed by atoms with Crippen LogP contribution in [0.4, 0.5) is 11.5 Å². The molecule has 1 aliphatic heterocycles. The molecule has 0 aromatic carbocycles. The minimum atomic E-state index is -0.422. The Morgan fingerprint density at radius 1 is 1.70 bits per heavy atom. The number of rotatable bonds is 4. The van der Waals surface area contributed by atoms with Crippen LogP contribution in [0.2, 0.25) is 0 Å². The third kappa shape index (κ3) is 3.44. The van der Waals surface area contributed by atoms with E-state index in [1.807, 2.05) is 4.90 Å². The lowest BCUT2D eigenvalue weighted by atomic mass is 10.1. The number of hydrogen-bond donors (Lipinski definition) is 1. The first kappa shape index (κ1) is 14.7. The summed E-state index contributed by atoms with van der Waals surface area (Å²) in [6.07, 6.45) is 2.44. The van der Waals surface area contributed by atoms with Gasteiger partial charge in [0.15, 0.2) is 0 Å². The molecule has 1 aliphatic rings. The summed E-state index contributed by atoms with van der Waals surface area (Å²) in [5, 5.41) is 13.9. The van der Waals surface area contributed by atoms with Crippen molar-refractivity contribution in [2.45, 2.75) is 13.3 Å². The summed E-state index contributed by atoms with van der Waals surface area (Å²) in [5.74, 6) is 0.628. The molecule has 1 aromatic rings. The Morgan fingerprint density at radius 3 is 3.10 bits per heavy atom. The van der Waals surface area contributed by atoms with E-state index in [0.717, 1.165) is 6.42 Å². The highest BCUT2D eigenvalue weighted by molar-refractivity contribution is 9.10. The molecule has 1 fully saturated rings. The highest BCUT2D eigenvalue weighted by atomic mass is 79.9. The Morgan fingerprint density at radius 2 is 2.45 bits per heavy atom. The number of anilines is 1. The monoisotopic (exact) mass is 342 g/mol. The standard InChI is InChI=1S/C12H15BrN4O3/c1-8(18)14-5-9-2-3-16(7-9)12-11(17(19)20)4-10(13)6-15-12/h4,6,9H,2-3,5,7H2,1H3,(H,14,18). The molecule has 1 saturated heterocycles. The number of pyridine rings is 1. The van der Waals surface area contributed by atoms with Gasteiger partial charge in [0.25, 0.3) is 0 Å². The van der Waals surface area contributed by atoms with Crippen LogP contribution in [0.15, 0.2) is 16.7 Å². The van der Waals surface area contributed by atoms with Gasteiger partial charge in [-0.2, -0.15) is 0 Å². The van der Waals surface area contributed by atoms with Crippen molar-refractivity contribution >= 4 is 33.3 Å². The van der Waals surface area contributed by atoms with E-state index >= 15 is 0 Å². The summed E-state index contributed by atoms with van der Waals surface area (Å²) in [4.78, 5) is 27.6. The third-order valence-electron chi connectivity index (χ3n) is 3.24. The quantitative estimate of drug-likeness (QED) is 0.664. The van der Waals surface area contributed by atoms with Crippen molar-refractivity contribution < 1.29 is 9.72 Å². The number of carbonyl (C=O) groups is 1. The van der Waals surface area contributed by atoms with E-state index in [1.165, 1.54) is 13.0 Å². The highest BCUT2D eigenvalue weighted by Crippen LogP contribution is 2.31. The molecule has 20 heavy (non-hydrogen) atoms. The molecule has 0 radical (unpaired) electrons. The Hall–Kier alpha value is -1.70. The Bertz CT molecular complexity index is 537. The van der Waals surface area contributed by atoms with Crippen LogP contribution in [-0.4, -0.2) is 35.4 Å². The largest absolute Gasteiger partial charge is 0.356 e. The number of aromatic nitrogens is 1. The molecule has 1 N–H and O–H groups in total. The van der Waals surface area contributed by atoms with Crippen LogP contribution in [0.3, 0.4) is 0 Å². The number of halogens is 1. The fourth-order valence-corrected chi connectivity index (χ4v) is 2.60. The molecule has 7 nitrogen and oxygen atoms in total. The van der Waals surface area contributed by atoms with E-state index in [-0.39, 0.29) is 11.6 Å². The van der Waals surface area contributed by atoms with Crippen molar-refractivity contribution in [1.29, 1.82) is 0 Å². The topological polar surface area (TPSA) is 88.4 Å². The van der Waals surface area contributed by atoms with Crippen molar-refractivity contribution in [2.75, 3.05) is 24.5 Å². The van der Waals surface area contributed by atoms with Gasteiger partial charge >= 0.3 is 5.69 Å². The lowest BCUT2D eigenvalue weighted by Crippen LogP contribution is -2.29. The van der Waals surface area contributed by atoms with E-state index in [1.54, 1.807) is 6.20 Å². The minimum absolute atomic E-state index is 0.000415. The van der Waals surface area contributed by atoms with Crippen molar-refractivity contribution in [3.8, 4) is 0 Å². The van der Waals surface area contributed by atoms with E-state index in [4.69, 9.17) is 0 Å². The van der Waals surface area contributed by atoms with Gasteiger partial charge in [-0.3, -0.25) is 14.9 Å². The first-order chi connectivity index (χ1) is 9.47. The summed E-state index contributed by atoms with van der Waals surface area (Å²) in [6.45, 7) is 3.44. The Balaban J connectivity index is 2.10. The molecule has 1 amide bonds. The van der Waals surface area contributed by atoms with Gasteiger partial charge in [0.05, 0.1) is 4.92 Å². The molecule has 0 saturated carbocycles. The zero-order valence-electron chi connectivity index (χ0n) is 11.0. The summed E-state index contributed by atoms with van der Waals surface area (Å²) < 4.78 is 0.585. The summed E-state index contributed by atoms with van der Waals surface area (Å²) in [6, 6.07) is 1.46. The molecule has 8 heteroatoms. The van der Waals surface area contributed by atoms with Gasteiger partial charge in [-0.25, -0.2) is 4.98 Å².